The van der Waals surface area contributed by atoms with E-state index in [0.29, 0.717) is 0 Å². The Balaban J connectivity index is 1.68. The number of hydrogen-bond donors (Lipinski definition) is 1. The van der Waals surface area contributed by atoms with Gasteiger partial charge in [-0.05, 0) is 52.0 Å². The number of piperazine rings is 1. The SMILES string of the molecule is CCCNC1CCC(N2CCN(C(C)CC)CC2)CC1. The van der Waals surface area contributed by atoms with Gasteiger partial charge in [-0.3, -0.25) is 9.80 Å². The van der Waals surface area contributed by atoms with Gasteiger partial charge in [0.15, 0.2) is 0 Å². The van der Waals surface area contributed by atoms with Crippen LogP contribution in [0, 0.1) is 0 Å². The minimum absolute atomic E-state index is 0.770. The maximum atomic E-state index is 3.70. The van der Waals surface area contributed by atoms with E-state index >= 15 is 0 Å². The molecule has 0 amide bonds. The van der Waals surface area contributed by atoms with Gasteiger partial charge in [-0.15, -0.1) is 0 Å². The van der Waals surface area contributed by atoms with Crippen molar-refractivity contribution in [3.8, 4) is 0 Å². The predicted molar refractivity (Wildman–Crippen MR) is 87.2 cm³/mol. The number of nitrogens with one attached hydrogen (secondary N) is 1. The highest BCUT2D eigenvalue weighted by atomic mass is 15.3. The largest absolute Gasteiger partial charge is 0.314 e. The van der Waals surface area contributed by atoms with Crippen molar-refractivity contribution in [3.63, 3.8) is 0 Å². The molecular formula is C17H35N3. The van der Waals surface area contributed by atoms with Crippen molar-refractivity contribution in [2.45, 2.75) is 77.4 Å². The van der Waals surface area contributed by atoms with Gasteiger partial charge in [0.05, 0.1) is 0 Å². The first-order valence-corrected chi connectivity index (χ1v) is 8.96. The molecule has 2 rings (SSSR count). The molecule has 0 bridgehead atoms. The van der Waals surface area contributed by atoms with Gasteiger partial charge in [-0.25, -0.2) is 0 Å². The highest BCUT2D eigenvalue weighted by Gasteiger charge is 2.28. The minimum atomic E-state index is 0.770. The lowest BCUT2D eigenvalue weighted by Gasteiger charge is -2.43. The summed E-state index contributed by atoms with van der Waals surface area (Å²) < 4.78 is 0. The van der Waals surface area contributed by atoms with E-state index in [-0.39, 0.29) is 0 Å². The molecule has 0 aromatic heterocycles. The van der Waals surface area contributed by atoms with Crippen LogP contribution in [0.4, 0.5) is 0 Å². The summed E-state index contributed by atoms with van der Waals surface area (Å²) in [6.07, 6.45) is 8.13. The van der Waals surface area contributed by atoms with Crippen molar-refractivity contribution < 1.29 is 0 Å². The van der Waals surface area contributed by atoms with Gasteiger partial charge < -0.3 is 5.32 Å². The van der Waals surface area contributed by atoms with Crippen LogP contribution < -0.4 is 5.32 Å². The molecule has 1 heterocycles. The summed E-state index contributed by atoms with van der Waals surface area (Å²) in [6, 6.07) is 2.44. The van der Waals surface area contributed by atoms with Crippen LogP contribution in [0.5, 0.6) is 0 Å². The molecule has 0 radical (unpaired) electrons. The third kappa shape index (κ3) is 4.44. The maximum absolute atomic E-state index is 3.70. The Morgan fingerprint density at radius 3 is 2.20 bits per heavy atom. The van der Waals surface area contributed by atoms with E-state index in [1.807, 2.05) is 0 Å². The Morgan fingerprint density at radius 1 is 1.00 bits per heavy atom. The summed E-state index contributed by atoms with van der Waals surface area (Å²) in [5.41, 5.74) is 0. The van der Waals surface area contributed by atoms with Crippen LogP contribution in [0.1, 0.15) is 59.3 Å². The van der Waals surface area contributed by atoms with Crippen LogP contribution in [0.3, 0.4) is 0 Å². The highest BCUT2D eigenvalue weighted by Crippen LogP contribution is 2.24. The van der Waals surface area contributed by atoms with Crippen LogP contribution >= 0.6 is 0 Å². The Morgan fingerprint density at radius 2 is 1.65 bits per heavy atom. The highest BCUT2D eigenvalue weighted by molar-refractivity contribution is 4.86. The summed E-state index contributed by atoms with van der Waals surface area (Å²) in [7, 11) is 0. The van der Waals surface area contributed by atoms with Crippen molar-refractivity contribution in [2.75, 3.05) is 32.7 Å². The fourth-order valence-electron chi connectivity index (χ4n) is 3.80. The van der Waals surface area contributed by atoms with Crippen LogP contribution in [0.2, 0.25) is 0 Å². The second-order valence-corrected chi connectivity index (χ2v) is 6.79. The van der Waals surface area contributed by atoms with Gasteiger partial charge in [0.1, 0.15) is 0 Å². The van der Waals surface area contributed by atoms with Crippen molar-refractivity contribution >= 4 is 0 Å². The molecule has 1 saturated heterocycles. The van der Waals surface area contributed by atoms with Crippen LogP contribution in [0.25, 0.3) is 0 Å². The zero-order valence-corrected chi connectivity index (χ0v) is 13.9. The quantitative estimate of drug-likeness (QED) is 0.807. The van der Waals surface area contributed by atoms with E-state index in [2.05, 4.69) is 35.9 Å². The van der Waals surface area contributed by atoms with Gasteiger partial charge in [-0.2, -0.15) is 0 Å². The molecule has 1 N–H and O–H groups in total. The Labute approximate surface area is 126 Å². The number of nitrogens with zero attached hydrogens (tertiary/aromatic N) is 2. The molecule has 0 aromatic rings. The lowest BCUT2D eigenvalue weighted by molar-refractivity contribution is 0.0560. The first-order chi connectivity index (χ1) is 9.74. The molecule has 118 valence electrons. The molecule has 20 heavy (non-hydrogen) atoms. The smallest absolute Gasteiger partial charge is 0.0113 e. The maximum Gasteiger partial charge on any atom is 0.0113 e. The van der Waals surface area contributed by atoms with Gasteiger partial charge in [-0.1, -0.05) is 13.8 Å². The first-order valence-electron chi connectivity index (χ1n) is 8.96. The van der Waals surface area contributed by atoms with E-state index in [4.69, 9.17) is 0 Å². The molecule has 0 aromatic carbocycles. The summed E-state index contributed by atoms with van der Waals surface area (Å²) in [4.78, 5) is 5.44. The Kier molecular flexibility index (Phi) is 6.79. The molecule has 0 spiro atoms. The molecule has 3 heteroatoms. The molecule has 1 aliphatic heterocycles. The summed E-state index contributed by atoms with van der Waals surface area (Å²) >= 11 is 0. The van der Waals surface area contributed by atoms with E-state index in [1.165, 1.54) is 71.2 Å². The van der Waals surface area contributed by atoms with Gasteiger partial charge >= 0.3 is 0 Å². The average molecular weight is 281 g/mol. The average Bonchev–Trinajstić information content (AvgIpc) is 2.53. The van der Waals surface area contributed by atoms with E-state index in [9.17, 15) is 0 Å². The van der Waals surface area contributed by atoms with E-state index in [0.717, 1.165) is 18.1 Å². The van der Waals surface area contributed by atoms with Crippen LogP contribution in [-0.2, 0) is 0 Å². The normalized spacial score (nSPS) is 31.4. The van der Waals surface area contributed by atoms with E-state index < -0.39 is 0 Å². The molecular weight excluding hydrogens is 246 g/mol. The van der Waals surface area contributed by atoms with Crippen molar-refractivity contribution in [1.29, 1.82) is 0 Å². The minimum Gasteiger partial charge on any atom is -0.314 e. The zero-order valence-electron chi connectivity index (χ0n) is 13.9. The van der Waals surface area contributed by atoms with Gasteiger partial charge in [0, 0.05) is 44.3 Å². The van der Waals surface area contributed by atoms with Crippen molar-refractivity contribution in [2.24, 2.45) is 0 Å². The lowest BCUT2D eigenvalue weighted by atomic mass is 9.89. The second-order valence-electron chi connectivity index (χ2n) is 6.79. The molecule has 3 nitrogen and oxygen atoms in total. The van der Waals surface area contributed by atoms with E-state index in [1.54, 1.807) is 0 Å². The molecule has 1 saturated carbocycles. The lowest BCUT2D eigenvalue weighted by Crippen LogP contribution is -2.53. The number of hydrogen-bond acceptors (Lipinski definition) is 3. The fourth-order valence-corrected chi connectivity index (χ4v) is 3.80. The first kappa shape index (κ1) is 16.3. The molecule has 2 aliphatic rings. The predicted octanol–water partition coefficient (Wildman–Crippen LogP) is 2.71. The fraction of sp³-hybridized carbons (Fsp3) is 1.00. The number of rotatable bonds is 6. The summed E-state index contributed by atoms with van der Waals surface area (Å²) in [5.74, 6) is 0. The van der Waals surface area contributed by atoms with Crippen molar-refractivity contribution in [1.82, 2.24) is 15.1 Å². The second kappa shape index (κ2) is 8.35. The molecule has 2 fully saturated rings. The molecule has 1 unspecified atom stereocenters. The Hall–Kier alpha value is -0.120. The third-order valence-corrected chi connectivity index (χ3v) is 5.46. The van der Waals surface area contributed by atoms with Gasteiger partial charge in [0.25, 0.3) is 0 Å². The monoisotopic (exact) mass is 281 g/mol. The molecule has 1 aliphatic carbocycles. The summed E-state index contributed by atoms with van der Waals surface area (Å²) in [5, 5.41) is 3.70. The Bertz CT molecular complexity index is 253. The zero-order chi connectivity index (χ0) is 14.4. The standard InChI is InChI=1S/C17H35N3/c1-4-10-18-16-6-8-17(9-7-16)20-13-11-19(12-14-20)15(3)5-2/h15-18H,4-14H2,1-3H3. The topological polar surface area (TPSA) is 18.5 Å². The summed E-state index contributed by atoms with van der Waals surface area (Å²) in [6.45, 7) is 13.3. The van der Waals surface area contributed by atoms with Crippen molar-refractivity contribution in [3.05, 3.63) is 0 Å². The third-order valence-electron chi connectivity index (χ3n) is 5.46. The van der Waals surface area contributed by atoms with Crippen LogP contribution in [-0.4, -0.2) is 60.6 Å². The van der Waals surface area contributed by atoms with Crippen LogP contribution in [0.15, 0.2) is 0 Å². The molecule has 1 atom stereocenters. The van der Waals surface area contributed by atoms with Gasteiger partial charge in [0.2, 0.25) is 0 Å².